The fraction of sp³-hybridized carbons (Fsp3) is 0.294. The van der Waals surface area contributed by atoms with E-state index in [9.17, 15) is 0 Å². The summed E-state index contributed by atoms with van der Waals surface area (Å²) in [7, 11) is 0. The second-order valence-electron chi connectivity index (χ2n) is 5.25. The molecule has 0 saturated heterocycles. The molecule has 0 aliphatic carbocycles. The molecule has 0 spiro atoms. The molecular formula is C17H19NO. The SMILES string of the molecule is Cc1ccc2c(c1)OC(Cc1ccccc1C)CN2. The molecule has 1 heterocycles. The number of anilines is 1. The maximum Gasteiger partial charge on any atom is 0.143 e. The quantitative estimate of drug-likeness (QED) is 0.880. The Balaban J connectivity index is 1.77. The lowest BCUT2D eigenvalue weighted by molar-refractivity contribution is 0.206. The van der Waals surface area contributed by atoms with Crippen molar-refractivity contribution >= 4 is 5.69 Å². The zero-order chi connectivity index (χ0) is 13.2. The molecule has 1 unspecified atom stereocenters. The van der Waals surface area contributed by atoms with E-state index in [0.29, 0.717) is 0 Å². The van der Waals surface area contributed by atoms with E-state index in [1.807, 2.05) is 0 Å². The Bertz CT molecular complexity index is 592. The number of hydrogen-bond donors (Lipinski definition) is 1. The van der Waals surface area contributed by atoms with Crippen LogP contribution < -0.4 is 10.1 Å². The van der Waals surface area contributed by atoms with Crippen LogP contribution in [0.3, 0.4) is 0 Å². The molecule has 0 aromatic heterocycles. The van der Waals surface area contributed by atoms with Crippen molar-refractivity contribution in [2.45, 2.75) is 26.4 Å². The molecule has 1 aliphatic rings. The van der Waals surface area contributed by atoms with Gasteiger partial charge in [0, 0.05) is 6.42 Å². The van der Waals surface area contributed by atoms with E-state index >= 15 is 0 Å². The molecule has 2 aromatic carbocycles. The van der Waals surface area contributed by atoms with Gasteiger partial charge >= 0.3 is 0 Å². The molecule has 3 rings (SSSR count). The number of fused-ring (bicyclic) bond motifs is 1. The molecule has 0 bridgehead atoms. The van der Waals surface area contributed by atoms with Gasteiger partial charge in [-0.25, -0.2) is 0 Å². The molecule has 1 N–H and O–H groups in total. The van der Waals surface area contributed by atoms with Gasteiger partial charge in [-0.15, -0.1) is 0 Å². The molecule has 2 aromatic rings. The molecule has 0 amide bonds. The van der Waals surface area contributed by atoms with Crippen molar-refractivity contribution in [1.29, 1.82) is 0 Å². The molecule has 1 atom stereocenters. The monoisotopic (exact) mass is 253 g/mol. The third-order valence-electron chi connectivity index (χ3n) is 3.66. The van der Waals surface area contributed by atoms with Gasteiger partial charge in [-0.05, 0) is 42.7 Å². The van der Waals surface area contributed by atoms with Crippen molar-refractivity contribution < 1.29 is 4.74 Å². The number of ether oxygens (including phenoxy) is 1. The highest BCUT2D eigenvalue weighted by atomic mass is 16.5. The maximum atomic E-state index is 6.11. The fourth-order valence-electron chi connectivity index (χ4n) is 2.52. The minimum atomic E-state index is 0.204. The highest BCUT2D eigenvalue weighted by Crippen LogP contribution is 2.30. The molecule has 2 nitrogen and oxygen atoms in total. The Labute approximate surface area is 114 Å². The normalized spacial score (nSPS) is 17.3. The summed E-state index contributed by atoms with van der Waals surface area (Å²) in [6.07, 6.45) is 1.16. The van der Waals surface area contributed by atoms with Crippen LogP contribution in [0.5, 0.6) is 5.75 Å². The van der Waals surface area contributed by atoms with E-state index in [0.717, 1.165) is 24.4 Å². The largest absolute Gasteiger partial charge is 0.486 e. The van der Waals surface area contributed by atoms with Gasteiger partial charge in [-0.3, -0.25) is 0 Å². The van der Waals surface area contributed by atoms with Gasteiger partial charge in [0.05, 0.1) is 12.2 Å². The molecule has 1 aliphatic heterocycles. The molecule has 19 heavy (non-hydrogen) atoms. The zero-order valence-corrected chi connectivity index (χ0v) is 11.4. The van der Waals surface area contributed by atoms with E-state index < -0.39 is 0 Å². The van der Waals surface area contributed by atoms with Crippen molar-refractivity contribution in [3.8, 4) is 5.75 Å². The Kier molecular flexibility index (Phi) is 3.16. The van der Waals surface area contributed by atoms with E-state index in [2.05, 4.69) is 61.6 Å². The van der Waals surface area contributed by atoms with E-state index in [1.165, 1.54) is 16.7 Å². The summed E-state index contributed by atoms with van der Waals surface area (Å²) < 4.78 is 6.11. The summed E-state index contributed by atoms with van der Waals surface area (Å²) in [5.74, 6) is 0.977. The number of hydrogen-bond acceptors (Lipinski definition) is 2. The fourth-order valence-corrected chi connectivity index (χ4v) is 2.52. The van der Waals surface area contributed by atoms with Gasteiger partial charge in [0.2, 0.25) is 0 Å². The van der Waals surface area contributed by atoms with Crippen LogP contribution in [-0.4, -0.2) is 12.6 Å². The average Bonchev–Trinajstić information content (AvgIpc) is 2.41. The van der Waals surface area contributed by atoms with Crippen LogP contribution in [0.25, 0.3) is 0 Å². The van der Waals surface area contributed by atoms with Crippen molar-refractivity contribution in [3.63, 3.8) is 0 Å². The predicted molar refractivity (Wildman–Crippen MR) is 79.0 cm³/mol. The topological polar surface area (TPSA) is 21.3 Å². The van der Waals surface area contributed by atoms with Gasteiger partial charge in [0.1, 0.15) is 11.9 Å². The van der Waals surface area contributed by atoms with E-state index in [1.54, 1.807) is 0 Å². The van der Waals surface area contributed by atoms with Crippen LogP contribution in [-0.2, 0) is 6.42 Å². The summed E-state index contributed by atoms with van der Waals surface area (Å²) >= 11 is 0. The smallest absolute Gasteiger partial charge is 0.143 e. The number of nitrogens with one attached hydrogen (secondary N) is 1. The first-order valence-corrected chi connectivity index (χ1v) is 6.78. The van der Waals surface area contributed by atoms with Crippen molar-refractivity contribution in [2.75, 3.05) is 11.9 Å². The Morgan fingerprint density at radius 1 is 1.16 bits per heavy atom. The van der Waals surface area contributed by atoms with Gasteiger partial charge in [0.15, 0.2) is 0 Å². The van der Waals surface area contributed by atoms with Crippen LogP contribution in [0.2, 0.25) is 0 Å². The molecule has 2 heteroatoms. The highest BCUT2D eigenvalue weighted by molar-refractivity contribution is 5.59. The highest BCUT2D eigenvalue weighted by Gasteiger charge is 2.19. The standard InChI is InChI=1S/C17H19NO/c1-12-7-8-16-17(9-12)19-15(11-18-16)10-14-6-4-3-5-13(14)2/h3-9,15,18H,10-11H2,1-2H3. The van der Waals surface area contributed by atoms with Gasteiger partial charge in [-0.1, -0.05) is 30.3 Å². The lowest BCUT2D eigenvalue weighted by atomic mass is 10.0. The third kappa shape index (κ3) is 2.58. The van der Waals surface area contributed by atoms with Crippen LogP contribution in [0, 0.1) is 13.8 Å². The van der Waals surface area contributed by atoms with Crippen LogP contribution in [0.15, 0.2) is 42.5 Å². The maximum absolute atomic E-state index is 6.11. The van der Waals surface area contributed by atoms with Gasteiger partial charge in [0.25, 0.3) is 0 Å². The van der Waals surface area contributed by atoms with Crippen LogP contribution in [0.1, 0.15) is 16.7 Å². The van der Waals surface area contributed by atoms with Crippen molar-refractivity contribution in [1.82, 2.24) is 0 Å². The first-order chi connectivity index (χ1) is 9.22. The Morgan fingerprint density at radius 2 is 2.00 bits per heavy atom. The van der Waals surface area contributed by atoms with Crippen molar-refractivity contribution in [3.05, 3.63) is 59.2 Å². The second kappa shape index (κ2) is 4.96. The molecule has 98 valence electrons. The first-order valence-electron chi connectivity index (χ1n) is 6.78. The van der Waals surface area contributed by atoms with Crippen LogP contribution in [0.4, 0.5) is 5.69 Å². The number of aryl methyl sites for hydroxylation is 2. The van der Waals surface area contributed by atoms with Crippen LogP contribution >= 0.6 is 0 Å². The molecular weight excluding hydrogens is 234 g/mol. The van der Waals surface area contributed by atoms with E-state index in [4.69, 9.17) is 4.74 Å². The minimum absolute atomic E-state index is 0.204. The zero-order valence-electron chi connectivity index (χ0n) is 11.4. The Hall–Kier alpha value is -1.96. The summed E-state index contributed by atoms with van der Waals surface area (Å²) in [5, 5.41) is 3.45. The first kappa shape index (κ1) is 12.1. The molecule has 0 fully saturated rings. The lowest BCUT2D eigenvalue weighted by Gasteiger charge is -2.28. The summed E-state index contributed by atoms with van der Waals surface area (Å²) in [5.41, 5.74) is 5.04. The van der Waals surface area contributed by atoms with E-state index in [-0.39, 0.29) is 6.10 Å². The number of benzene rings is 2. The summed E-state index contributed by atoms with van der Waals surface area (Å²) in [6.45, 7) is 5.11. The summed E-state index contributed by atoms with van der Waals surface area (Å²) in [6, 6.07) is 14.8. The lowest BCUT2D eigenvalue weighted by Crippen LogP contribution is -2.32. The third-order valence-corrected chi connectivity index (χ3v) is 3.66. The van der Waals surface area contributed by atoms with Gasteiger partial charge in [-0.2, -0.15) is 0 Å². The molecule has 0 saturated carbocycles. The second-order valence-corrected chi connectivity index (χ2v) is 5.25. The minimum Gasteiger partial charge on any atom is -0.486 e. The Morgan fingerprint density at radius 3 is 2.84 bits per heavy atom. The molecule has 0 radical (unpaired) electrons. The average molecular weight is 253 g/mol. The van der Waals surface area contributed by atoms with Gasteiger partial charge < -0.3 is 10.1 Å². The predicted octanol–water partition coefficient (Wildman–Crippen LogP) is 3.72. The van der Waals surface area contributed by atoms with Crippen molar-refractivity contribution in [2.24, 2.45) is 0 Å². The summed E-state index contributed by atoms with van der Waals surface area (Å²) in [4.78, 5) is 0. The number of rotatable bonds is 2.